The average molecular weight is 339 g/mol. The molecule has 3 rings (SSSR count). The van der Waals surface area contributed by atoms with Gasteiger partial charge in [-0.1, -0.05) is 36.4 Å². The Kier molecular flexibility index (Phi) is 5.14. The number of amides is 1. The number of carboxylic acids is 1. The van der Waals surface area contributed by atoms with E-state index in [1.807, 2.05) is 30.3 Å². The van der Waals surface area contributed by atoms with E-state index in [4.69, 9.17) is 4.74 Å². The molecule has 2 aromatic carbocycles. The largest absolute Gasteiger partial charge is 0.478 e. The molecule has 2 aromatic rings. The fraction of sp³-hybridized carbons (Fsp3) is 0.300. The molecule has 2 N–H and O–H groups in total. The molecular formula is C20H21NO4. The number of aryl methyl sites for hydroxylation is 1. The Morgan fingerprint density at radius 1 is 1.16 bits per heavy atom. The molecule has 5 nitrogen and oxygen atoms in total. The highest BCUT2D eigenvalue weighted by atomic mass is 16.5. The maximum absolute atomic E-state index is 12.8. The fourth-order valence-electron chi connectivity index (χ4n) is 3.19. The number of anilines is 1. The molecule has 1 amide bonds. The Morgan fingerprint density at radius 3 is 2.64 bits per heavy atom. The molecule has 1 aliphatic heterocycles. The van der Waals surface area contributed by atoms with Crippen LogP contribution in [0.1, 0.15) is 40.4 Å². The second-order valence-corrected chi connectivity index (χ2v) is 6.27. The average Bonchev–Trinajstić information content (AvgIpc) is 2.64. The lowest BCUT2D eigenvalue weighted by molar-refractivity contribution is -0.129. The van der Waals surface area contributed by atoms with Crippen molar-refractivity contribution in [2.24, 2.45) is 5.92 Å². The fourth-order valence-corrected chi connectivity index (χ4v) is 3.19. The minimum atomic E-state index is -1.00. The smallest absolute Gasteiger partial charge is 0.336 e. The molecule has 0 aromatic heterocycles. The number of nitrogens with one attached hydrogen (secondary N) is 1. The number of ether oxygens (including phenoxy) is 1. The molecule has 0 bridgehead atoms. The van der Waals surface area contributed by atoms with Crippen LogP contribution >= 0.6 is 0 Å². The van der Waals surface area contributed by atoms with Gasteiger partial charge in [-0.05, 0) is 43.0 Å². The molecule has 1 heterocycles. The lowest BCUT2D eigenvalue weighted by atomic mass is 9.88. The number of hydrogen-bond acceptors (Lipinski definition) is 3. The van der Waals surface area contributed by atoms with Gasteiger partial charge in [0.25, 0.3) is 0 Å². The molecule has 5 heteroatoms. The predicted octanol–water partition coefficient (Wildman–Crippen LogP) is 3.80. The molecule has 0 aliphatic carbocycles. The van der Waals surface area contributed by atoms with E-state index in [-0.39, 0.29) is 23.5 Å². The molecule has 0 spiro atoms. The lowest BCUT2D eigenvalue weighted by Gasteiger charge is -2.31. The van der Waals surface area contributed by atoms with Crippen LogP contribution in [0.15, 0.2) is 48.5 Å². The summed E-state index contributed by atoms with van der Waals surface area (Å²) >= 11 is 0. The van der Waals surface area contributed by atoms with Gasteiger partial charge in [0.2, 0.25) is 5.91 Å². The number of carboxylic acid groups (broad SMARTS) is 1. The van der Waals surface area contributed by atoms with Crippen LogP contribution in [0.25, 0.3) is 0 Å². The van der Waals surface area contributed by atoms with E-state index in [9.17, 15) is 14.7 Å². The third-order valence-electron chi connectivity index (χ3n) is 4.52. The van der Waals surface area contributed by atoms with Gasteiger partial charge in [-0.15, -0.1) is 0 Å². The molecule has 0 radical (unpaired) electrons. The van der Waals surface area contributed by atoms with Gasteiger partial charge in [0, 0.05) is 12.3 Å². The Balaban J connectivity index is 1.79. The molecule has 130 valence electrons. The van der Waals surface area contributed by atoms with Gasteiger partial charge in [0.05, 0.1) is 17.6 Å². The summed E-state index contributed by atoms with van der Waals surface area (Å²) in [5, 5.41) is 12.1. The molecule has 25 heavy (non-hydrogen) atoms. The first-order valence-corrected chi connectivity index (χ1v) is 8.37. The van der Waals surface area contributed by atoms with Gasteiger partial charge in [0.15, 0.2) is 0 Å². The summed E-state index contributed by atoms with van der Waals surface area (Å²) in [6.07, 6.45) is 1.29. The maximum Gasteiger partial charge on any atom is 0.336 e. The van der Waals surface area contributed by atoms with Gasteiger partial charge < -0.3 is 15.2 Å². The summed E-state index contributed by atoms with van der Waals surface area (Å²) < 4.78 is 5.86. The van der Waals surface area contributed by atoms with E-state index in [1.165, 1.54) is 6.07 Å². The van der Waals surface area contributed by atoms with Crippen molar-refractivity contribution in [3.63, 3.8) is 0 Å². The lowest BCUT2D eigenvalue weighted by Crippen LogP contribution is -2.33. The standard InChI is InChI=1S/C20H21NO4/c1-13-9-10-15(12-17(13)20(23)24)21-19(22)16-8-5-11-25-18(16)14-6-3-2-4-7-14/h2-4,6-7,9-10,12,16,18H,5,8,11H2,1H3,(H,21,22)(H,23,24). The highest BCUT2D eigenvalue weighted by Crippen LogP contribution is 2.34. The summed E-state index contributed by atoms with van der Waals surface area (Å²) in [5.74, 6) is -1.45. The first-order chi connectivity index (χ1) is 12.1. The van der Waals surface area contributed by atoms with Crippen molar-refractivity contribution in [3.8, 4) is 0 Å². The van der Waals surface area contributed by atoms with Crippen molar-refractivity contribution in [3.05, 3.63) is 65.2 Å². The van der Waals surface area contributed by atoms with Gasteiger partial charge in [-0.3, -0.25) is 4.79 Å². The molecule has 1 fully saturated rings. The van der Waals surface area contributed by atoms with Crippen molar-refractivity contribution >= 4 is 17.6 Å². The van der Waals surface area contributed by atoms with E-state index in [0.717, 1.165) is 18.4 Å². The predicted molar refractivity (Wildman–Crippen MR) is 94.6 cm³/mol. The normalized spacial score (nSPS) is 20.0. The van der Waals surface area contributed by atoms with Crippen molar-refractivity contribution < 1.29 is 19.4 Å². The van der Waals surface area contributed by atoms with E-state index < -0.39 is 5.97 Å². The van der Waals surface area contributed by atoms with Crippen molar-refractivity contribution in [1.29, 1.82) is 0 Å². The Hall–Kier alpha value is -2.66. The van der Waals surface area contributed by atoms with E-state index >= 15 is 0 Å². The number of hydrogen-bond donors (Lipinski definition) is 2. The van der Waals surface area contributed by atoms with Crippen LogP contribution in [0.4, 0.5) is 5.69 Å². The topological polar surface area (TPSA) is 75.6 Å². The number of benzene rings is 2. The molecule has 2 unspecified atom stereocenters. The maximum atomic E-state index is 12.8. The summed E-state index contributed by atoms with van der Waals surface area (Å²) in [5.41, 5.74) is 2.33. The van der Waals surface area contributed by atoms with Crippen LogP contribution in [-0.4, -0.2) is 23.6 Å². The summed E-state index contributed by atoms with van der Waals surface area (Å²) in [6.45, 7) is 2.37. The number of carbonyl (C=O) groups excluding carboxylic acids is 1. The molecule has 0 saturated carbocycles. The van der Waals surface area contributed by atoms with Crippen molar-refractivity contribution in [2.75, 3.05) is 11.9 Å². The van der Waals surface area contributed by atoms with Crippen molar-refractivity contribution in [1.82, 2.24) is 0 Å². The molecule has 1 aliphatic rings. The molecule has 1 saturated heterocycles. The highest BCUT2D eigenvalue weighted by Gasteiger charge is 2.33. The van der Waals surface area contributed by atoms with Gasteiger partial charge >= 0.3 is 5.97 Å². The quantitative estimate of drug-likeness (QED) is 0.888. The zero-order valence-corrected chi connectivity index (χ0v) is 14.1. The molecule has 2 atom stereocenters. The van der Waals surface area contributed by atoms with Crippen LogP contribution < -0.4 is 5.32 Å². The minimum Gasteiger partial charge on any atom is -0.478 e. The number of carbonyl (C=O) groups is 2. The monoisotopic (exact) mass is 339 g/mol. The van der Waals surface area contributed by atoms with Crippen LogP contribution in [0, 0.1) is 12.8 Å². The highest BCUT2D eigenvalue weighted by molar-refractivity contribution is 5.96. The van der Waals surface area contributed by atoms with Crippen LogP contribution in [-0.2, 0) is 9.53 Å². The summed E-state index contributed by atoms with van der Waals surface area (Å²) in [4.78, 5) is 24.0. The second kappa shape index (κ2) is 7.49. The summed E-state index contributed by atoms with van der Waals surface area (Å²) in [7, 11) is 0. The molecular weight excluding hydrogens is 318 g/mol. The number of aromatic carboxylic acids is 1. The van der Waals surface area contributed by atoms with Crippen LogP contribution in [0.3, 0.4) is 0 Å². The SMILES string of the molecule is Cc1ccc(NC(=O)C2CCCOC2c2ccccc2)cc1C(=O)O. The Labute approximate surface area is 146 Å². The third kappa shape index (κ3) is 3.88. The van der Waals surface area contributed by atoms with E-state index in [1.54, 1.807) is 19.1 Å². The van der Waals surface area contributed by atoms with Crippen molar-refractivity contribution in [2.45, 2.75) is 25.9 Å². The number of rotatable bonds is 4. The van der Waals surface area contributed by atoms with Gasteiger partial charge in [-0.2, -0.15) is 0 Å². The zero-order chi connectivity index (χ0) is 17.8. The third-order valence-corrected chi connectivity index (χ3v) is 4.52. The van der Waals surface area contributed by atoms with E-state index in [0.29, 0.717) is 17.9 Å². The van der Waals surface area contributed by atoms with Gasteiger partial charge in [0.1, 0.15) is 0 Å². The van der Waals surface area contributed by atoms with Gasteiger partial charge in [-0.25, -0.2) is 4.79 Å². The Bertz CT molecular complexity index is 773. The zero-order valence-electron chi connectivity index (χ0n) is 14.1. The van der Waals surface area contributed by atoms with Crippen LogP contribution in [0.5, 0.6) is 0 Å². The summed E-state index contributed by atoms with van der Waals surface area (Å²) in [6, 6.07) is 14.6. The van der Waals surface area contributed by atoms with E-state index in [2.05, 4.69) is 5.32 Å². The second-order valence-electron chi connectivity index (χ2n) is 6.27. The Morgan fingerprint density at radius 2 is 1.92 bits per heavy atom. The first kappa shape index (κ1) is 17.2. The first-order valence-electron chi connectivity index (χ1n) is 8.37. The minimum absolute atomic E-state index is 0.145. The van der Waals surface area contributed by atoms with Crippen LogP contribution in [0.2, 0.25) is 0 Å².